The highest BCUT2D eigenvalue weighted by molar-refractivity contribution is 5.48. The second kappa shape index (κ2) is 8.24. The van der Waals surface area contributed by atoms with Crippen molar-refractivity contribution in [1.82, 2.24) is 4.98 Å². The molecule has 0 saturated heterocycles. The summed E-state index contributed by atoms with van der Waals surface area (Å²) in [7, 11) is 0. The number of benzene rings is 1. The van der Waals surface area contributed by atoms with Crippen LogP contribution in [0.2, 0.25) is 0 Å². The van der Waals surface area contributed by atoms with Gasteiger partial charge < -0.3 is 10.1 Å². The summed E-state index contributed by atoms with van der Waals surface area (Å²) >= 11 is 0. The van der Waals surface area contributed by atoms with Gasteiger partial charge in [-0.25, -0.2) is 4.98 Å². The van der Waals surface area contributed by atoms with Crippen molar-refractivity contribution in [2.75, 3.05) is 18.5 Å². The van der Waals surface area contributed by atoms with E-state index in [1.807, 2.05) is 37.3 Å². The highest BCUT2D eigenvalue weighted by atomic mass is 16.6. The summed E-state index contributed by atoms with van der Waals surface area (Å²) in [5.74, 6) is 0.673. The average molecular weight is 315 g/mol. The fraction of sp³-hybridized carbons (Fsp3) is 0.353. The summed E-state index contributed by atoms with van der Waals surface area (Å²) in [5.41, 5.74) is 1.93. The molecule has 1 unspecified atom stereocenters. The second-order valence-corrected chi connectivity index (χ2v) is 5.32. The van der Waals surface area contributed by atoms with Crippen LogP contribution in [-0.2, 0) is 4.74 Å². The van der Waals surface area contributed by atoms with E-state index in [-0.39, 0.29) is 11.8 Å². The molecular weight excluding hydrogens is 294 g/mol. The number of hydrogen-bond donors (Lipinski definition) is 1. The average Bonchev–Trinajstić information content (AvgIpc) is 2.56. The molecule has 1 atom stereocenters. The summed E-state index contributed by atoms with van der Waals surface area (Å²) in [6.45, 7) is 5.17. The minimum Gasteiger partial charge on any atom is -0.374 e. The number of anilines is 1. The molecule has 0 bridgehead atoms. The predicted molar refractivity (Wildman–Crippen MR) is 89.5 cm³/mol. The largest absolute Gasteiger partial charge is 0.374 e. The van der Waals surface area contributed by atoms with Gasteiger partial charge in [0.2, 0.25) is 0 Å². The van der Waals surface area contributed by atoms with Crippen molar-refractivity contribution >= 4 is 11.5 Å². The molecule has 0 spiro atoms. The minimum absolute atomic E-state index is 0.00747. The normalized spacial score (nSPS) is 11.9. The van der Waals surface area contributed by atoms with E-state index in [9.17, 15) is 10.1 Å². The number of rotatable bonds is 8. The third-order valence-corrected chi connectivity index (χ3v) is 3.53. The van der Waals surface area contributed by atoms with Crippen molar-refractivity contribution < 1.29 is 9.66 Å². The summed E-state index contributed by atoms with van der Waals surface area (Å²) < 4.78 is 5.80. The first-order valence-electron chi connectivity index (χ1n) is 7.59. The van der Waals surface area contributed by atoms with Gasteiger partial charge in [-0.2, -0.15) is 0 Å². The quantitative estimate of drug-likeness (QED) is 0.454. The van der Waals surface area contributed by atoms with Gasteiger partial charge >= 0.3 is 0 Å². The topological polar surface area (TPSA) is 77.3 Å². The molecule has 1 aromatic heterocycles. The zero-order valence-electron chi connectivity index (χ0n) is 13.4. The highest BCUT2D eigenvalue weighted by Crippen LogP contribution is 2.18. The van der Waals surface area contributed by atoms with Crippen LogP contribution in [0, 0.1) is 17.0 Å². The van der Waals surface area contributed by atoms with Crippen LogP contribution in [-0.4, -0.2) is 23.1 Å². The Morgan fingerprint density at radius 1 is 1.35 bits per heavy atom. The molecule has 0 aliphatic heterocycles. The first-order valence-corrected chi connectivity index (χ1v) is 7.59. The number of hydrogen-bond acceptors (Lipinski definition) is 5. The number of pyridine rings is 1. The molecule has 1 N–H and O–H groups in total. The van der Waals surface area contributed by atoms with Crippen LogP contribution in [0.1, 0.15) is 30.6 Å². The van der Waals surface area contributed by atoms with Gasteiger partial charge in [-0.1, -0.05) is 30.3 Å². The summed E-state index contributed by atoms with van der Waals surface area (Å²) in [6, 6.07) is 11.6. The molecule has 0 aliphatic carbocycles. The molecule has 122 valence electrons. The van der Waals surface area contributed by atoms with E-state index in [2.05, 4.69) is 10.3 Å². The molecule has 6 nitrogen and oxygen atoms in total. The van der Waals surface area contributed by atoms with E-state index in [1.54, 1.807) is 6.92 Å². The SMILES string of the molecule is Cc1cc([N+](=O)[O-])cnc1NCCCOC(C)c1ccccc1. The van der Waals surface area contributed by atoms with Crippen LogP contribution >= 0.6 is 0 Å². The lowest BCUT2D eigenvalue weighted by atomic mass is 10.1. The van der Waals surface area contributed by atoms with Crippen molar-refractivity contribution in [2.24, 2.45) is 0 Å². The van der Waals surface area contributed by atoms with Gasteiger partial charge in [-0.3, -0.25) is 10.1 Å². The Morgan fingerprint density at radius 2 is 2.09 bits per heavy atom. The summed E-state index contributed by atoms with van der Waals surface area (Å²) in [5, 5.41) is 13.9. The Bertz CT molecular complexity index is 647. The molecule has 0 radical (unpaired) electrons. The van der Waals surface area contributed by atoms with Crippen molar-refractivity contribution in [1.29, 1.82) is 0 Å². The fourth-order valence-corrected chi connectivity index (χ4v) is 2.20. The molecule has 23 heavy (non-hydrogen) atoms. The molecular formula is C17H21N3O3. The standard InChI is InChI=1S/C17H21N3O3/c1-13-11-16(20(21)22)12-19-17(13)18-9-6-10-23-14(2)15-7-4-3-5-8-15/h3-5,7-8,11-12,14H,6,9-10H2,1-2H3,(H,18,19). The molecule has 1 heterocycles. The van der Waals surface area contributed by atoms with E-state index < -0.39 is 4.92 Å². The van der Waals surface area contributed by atoms with E-state index in [0.717, 1.165) is 17.5 Å². The van der Waals surface area contributed by atoms with Gasteiger partial charge in [0, 0.05) is 19.2 Å². The highest BCUT2D eigenvalue weighted by Gasteiger charge is 2.09. The van der Waals surface area contributed by atoms with Crippen molar-refractivity contribution in [3.05, 3.63) is 63.8 Å². The van der Waals surface area contributed by atoms with Gasteiger partial charge in [-0.05, 0) is 31.4 Å². The van der Waals surface area contributed by atoms with Crippen LogP contribution in [0.4, 0.5) is 11.5 Å². The number of nitro groups is 1. The number of aryl methyl sites for hydroxylation is 1. The molecule has 1 aromatic carbocycles. The van der Waals surface area contributed by atoms with Gasteiger partial charge in [-0.15, -0.1) is 0 Å². The second-order valence-electron chi connectivity index (χ2n) is 5.32. The zero-order valence-corrected chi connectivity index (χ0v) is 13.4. The maximum absolute atomic E-state index is 10.7. The first kappa shape index (κ1) is 16.9. The van der Waals surface area contributed by atoms with Crippen LogP contribution in [0.15, 0.2) is 42.6 Å². The maximum atomic E-state index is 10.7. The third-order valence-electron chi connectivity index (χ3n) is 3.53. The molecule has 2 aromatic rings. The zero-order chi connectivity index (χ0) is 16.7. The molecule has 0 amide bonds. The van der Waals surface area contributed by atoms with Crippen LogP contribution in [0.5, 0.6) is 0 Å². The Kier molecular flexibility index (Phi) is 6.05. The Hall–Kier alpha value is -2.47. The Morgan fingerprint density at radius 3 is 2.74 bits per heavy atom. The minimum atomic E-state index is -0.442. The van der Waals surface area contributed by atoms with Crippen molar-refractivity contribution in [3.8, 4) is 0 Å². The van der Waals surface area contributed by atoms with E-state index in [0.29, 0.717) is 19.0 Å². The van der Waals surface area contributed by atoms with E-state index in [1.165, 1.54) is 12.3 Å². The monoisotopic (exact) mass is 315 g/mol. The summed E-state index contributed by atoms with van der Waals surface area (Å²) in [6.07, 6.45) is 2.16. The number of nitrogens with one attached hydrogen (secondary N) is 1. The van der Waals surface area contributed by atoms with Crippen LogP contribution in [0.25, 0.3) is 0 Å². The lowest BCUT2D eigenvalue weighted by Crippen LogP contribution is -2.09. The van der Waals surface area contributed by atoms with E-state index >= 15 is 0 Å². The van der Waals surface area contributed by atoms with Gasteiger partial charge in [0.25, 0.3) is 5.69 Å². The van der Waals surface area contributed by atoms with Crippen LogP contribution in [0.3, 0.4) is 0 Å². The van der Waals surface area contributed by atoms with Gasteiger partial charge in [0.15, 0.2) is 0 Å². The molecule has 0 fully saturated rings. The third kappa shape index (κ3) is 5.03. The number of aromatic nitrogens is 1. The van der Waals surface area contributed by atoms with Crippen molar-refractivity contribution in [3.63, 3.8) is 0 Å². The predicted octanol–water partition coefficient (Wildman–Crippen LogP) is 3.88. The number of ether oxygens (including phenoxy) is 1. The molecule has 2 rings (SSSR count). The lowest BCUT2D eigenvalue weighted by molar-refractivity contribution is -0.385. The number of nitrogens with zero attached hydrogens (tertiary/aromatic N) is 2. The van der Waals surface area contributed by atoms with E-state index in [4.69, 9.17) is 4.74 Å². The van der Waals surface area contributed by atoms with Crippen molar-refractivity contribution in [2.45, 2.75) is 26.4 Å². The molecule has 0 aliphatic rings. The fourth-order valence-electron chi connectivity index (χ4n) is 2.20. The molecule has 0 saturated carbocycles. The smallest absolute Gasteiger partial charge is 0.287 e. The summed E-state index contributed by atoms with van der Waals surface area (Å²) in [4.78, 5) is 14.3. The Labute approximate surface area is 135 Å². The van der Waals surface area contributed by atoms with Gasteiger partial charge in [0.05, 0.1) is 11.0 Å². The first-order chi connectivity index (χ1) is 11.1. The molecule has 6 heteroatoms. The Balaban J connectivity index is 1.72. The maximum Gasteiger partial charge on any atom is 0.287 e. The van der Waals surface area contributed by atoms with Crippen LogP contribution < -0.4 is 5.32 Å². The lowest BCUT2D eigenvalue weighted by Gasteiger charge is -2.14. The van der Waals surface area contributed by atoms with Gasteiger partial charge in [0.1, 0.15) is 12.0 Å².